The molecule has 1 fully saturated rings. The van der Waals surface area contributed by atoms with Gasteiger partial charge in [0.25, 0.3) is 5.56 Å². The first-order valence-corrected chi connectivity index (χ1v) is 6.90. The van der Waals surface area contributed by atoms with E-state index in [4.69, 9.17) is 0 Å². The normalized spacial score (nSPS) is 14.9. The highest BCUT2D eigenvalue weighted by Gasteiger charge is 2.15. The molecule has 1 saturated heterocycles. The molecule has 0 spiro atoms. The van der Waals surface area contributed by atoms with Crippen LogP contribution in [0.4, 0.5) is 0 Å². The predicted molar refractivity (Wildman–Crippen MR) is 72.3 cm³/mol. The van der Waals surface area contributed by atoms with Crippen LogP contribution in [-0.4, -0.2) is 27.4 Å². The maximum Gasteiger partial charge on any atom is 0.265 e. The largest absolute Gasteiger partial charge is 0.289 e. The van der Waals surface area contributed by atoms with E-state index < -0.39 is 0 Å². The van der Waals surface area contributed by atoms with Gasteiger partial charge in [-0.15, -0.1) is 0 Å². The number of benzene rings is 1. The summed E-state index contributed by atoms with van der Waals surface area (Å²) in [6.07, 6.45) is 0.723. The molecule has 1 amide bonds. The molecule has 0 saturated carbocycles. The summed E-state index contributed by atoms with van der Waals surface area (Å²) in [6, 6.07) is 7.54. The Morgan fingerprint density at radius 1 is 1.29 bits per heavy atom. The molecule has 17 heavy (non-hydrogen) atoms. The van der Waals surface area contributed by atoms with E-state index in [2.05, 4.69) is 4.37 Å². The molecule has 0 atom stereocenters. The molecule has 4 nitrogen and oxygen atoms in total. The van der Waals surface area contributed by atoms with Gasteiger partial charge in [0.05, 0.1) is 10.1 Å². The van der Waals surface area contributed by atoms with Crippen molar-refractivity contribution < 1.29 is 4.79 Å². The van der Waals surface area contributed by atoms with Crippen LogP contribution < -0.4 is 5.56 Å². The third-order valence-corrected chi connectivity index (χ3v) is 4.18. The number of amides is 1. The second kappa shape index (κ2) is 5.37. The molecule has 6 heteroatoms. The van der Waals surface area contributed by atoms with Crippen molar-refractivity contribution in [3.63, 3.8) is 0 Å². The van der Waals surface area contributed by atoms with E-state index in [1.807, 2.05) is 24.3 Å². The van der Waals surface area contributed by atoms with Gasteiger partial charge in [-0.05, 0) is 24.1 Å². The Hall–Kier alpha value is -1.27. The summed E-state index contributed by atoms with van der Waals surface area (Å²) in [4.78, 5) is 21.4. The van der Waals surface area contributed by atoms with E-state index in [0.717, 1.165) is 22.3 Å². The van der Waals surface area contributed by atoms with Gasteiger partial charge in [-0.25, -0.2) is 0 Å². The quantitative estimate of drug-likeness (QED) is 0.744. The van der Waals surface area contributed by atoms with Gasteiger partial charge >= 0.3 is 0 Å². The molecular formula is C11H12N2O2S2. The van der Waals surface area contributed by atoms with Crippen LogP contribution >= 0.6 is 23.5 Å². The van der Waals surface area contributed by atoms with Crippen LogP contribution in [0.1, 0.15) is 6.42 Å². The standard InChI is InChI=1S/C7H5NOS.C4H7NOS/c9-7-5-3-1-2-4-6(5)10-8-7;1-5-4(6)2-3-7-5/h1-4H,(H,8,9);2-3H2,1H3. The molecule has 1 aromatic carbocycles. The molecule has 1 aliphatic heterocycles. The van der Waals surface area contributed by atoms with Crippen molar-refractivity contribution in [1.29, 1.82) is 0 Å². The van der Waals surface area contributed by atoms with Crippen molar-refractivity contribution in [2.24, 2.45) is 0 Å². The molecule has 0 radical (unpaired) electrons. The number of hydrogen-bond donors (Lipinski definition) is 1. The van der Waals surface area contributed by atoms with Crippen LogP contribution in [-0.2, 0) is 4.79 Å². The van der Waals surface area contributed by atoms with Gasteiger partial charge in [0.2, 0.25) is 5.91 Å². The Balaban J connectivity index is 0.000000136. The summed E-state index contributed by atoms with van der Waals surface area (Å²) in [5.41, 5.74) is 0.0144. The fourth-order valence-corrected chi connectivity index (χ4v) is 2.90. The Morgan fingerprint density at radius 2 is 2.06 bits per heavy atom. The minimum atomic E-state index is 0.0144. The highest BCUT2D eigenvalue weighted by Crippen LogP contribution is 2.17. The second-order valence-electron chi connectivity index (χ2n) is 3.50. The average molecular weight is 268 g/mol. The summed E-state index contributed by atoms with van der Waals surface area (Å²) >= 11 is 2.97. The van der Waals surface area contributed by atoms with Gasteiger partial charge in [-0.1, -0.05) is 23.7 Å². The first-order chi connectivity index (χ1) is 8.18. The zero-order valence-electron chi connectivity index (χ0n) is 9.30. The maximum absolute atomic E-state index is 10.9. The van der Waals surface area contributed by atoms with Crippen molar-refractivity contribution in [3.8, 4) is 0 Å². The second-order valence-corrected chi connectivity index (χ2v) is 5.57. The van der Waals surface area contributed by atoms with Crippen molar-refractivity contribution >= 4 is 39.5 Å². The molecule has 0 unspecified atom stereocenters. The smallest absolute Gasteiger partial charge is 0.265 e. The lowest BCUT2D eigenvalue weighted by Crippen LogP contribution is -2.10. The van der Waals surface area contributed by atoms with E-state index in [1.165, 1.54) is 11.5 Å². The van der Waals surface area contributed by atoms with Crippen LogP contribution in [0.3, 0.4) is 0 Å². The molecular weight excluding hydrogens is 256 g/mol. The number of hydrogen-bond acceptors (Lipinski definition) is 4. The molecule has 0 bridgehead atoms. The fourth-order valence-electron chi connectivity index (χ4n) is 1.40. The summed E-state index contributed by atoms with van der Waals surface area (Å²) < 4.78 is 5.36. The number of aromatic nitrogens is 1. The van der Waals surface area contributed by atoms with E-state index in [9.17, 15) is 9.59 Å². The third kappa shape index (κ3) is 2.89. The topological polar surface area (TPSA) is 53.2 Å². The SMILES string of the molecule is CN1SCCC1=O.O=c1[nH]sc2ccccc12. The van der Waals surface area contributed by atoms with Crippen LogP contribution in [0, 0.1) is 0 Å². The predicted octanol–water partition coefficient (Wildman–Crippen LogP) is 2.09. The first-order valence-electron chi connectivity index (χ1n) is 5.14. The third-order valence-electron chi connectivity index (χ3n) is 2.34. The molecule has 1 aromatic heterocycles. The molecule has 1 aliphatic rings. The van der Waals surface area contributed by atoms with Gasteiger partial charge in [0.1, 0.15) is 0 Å². The van der Waals surface area contributed by atoms with Crippen molar-refractivity contribution in [2.45, 2.75) is 6.42 Å². The van der Waals surface area contributed by atoms with E-state index in [1.54, 1.807) is 23.3 Å². The molecule has 1 N–H and O–H groups in total. The number of rotatable bonds is 0. The van der Waals surface area contributed by atoms with Gasteiger partial charge < -0.3 is 0 Å². The van der Waals surface area contributed by atoms with E-state index in [-0.39, 0.29) is 11.5 Å². The van der Waals surface area contributed by atoms with E-state index in [0.29, 0.717) is 0 Å². The summed E-state index contributed by atoms with van der Waals surface area (Å²) in [7, 11) is 1.81. The number of carbonyl (C=O) groups excluding carboxylic acids is 1. The zero-order chi connectivity index (χ0) is 12.3. The zero-order valence-corrected chi connectivity index (χ0v) is 10.9. The Kier molecular flexibility index (Phi) is 3.86. The number of nitrogens with zero attached hydrogens (tertiary/aromatic N) is 1. The van der Waals surface area contributed by atoms with Gasteiger partial charge in [-0.3, -0.25) is 18.3 Å². The number of aromatic amines is 1. The minimum absolute atomic E-state index is 0.0144. The van der Waals surface area contributed by atoms with Gasteiger partial charge in [0.15, 0.2) is 0 Å². The van der Waals surface area contributed by atoms with Crippen LogP contribution in [0.25, 0.3) is 10.1 Å². The first kappa shape index (κ1) is 12.2. The van der Waals surface area contributed by atoms with E-state index >= 15 is 0 Å². The summed E-state index contributed by atoms with van der Waals surface area (Å²) in [6.45, 7) is 0. The van der Waals surface area contributed by atoms with Crippen LogP contribution in [0.2, 0.25) is 0 Å². The lowest BCUT2D eigenvalue weighted by atomic mass is 10.3. The van der Waals surface area contributed by atoms with Crippen LogP contribution in [0.15, 0.2) is 29.1 Å². The van der Waals surface area contributed by atoms with Crippen LogP contribution in [0.5, 0.6) is 0 Å². The van der Waals surface area contributed by atoms with Crippen molar-refractivity contribution in [1.82, 2.24) is 8.68 Å². The molecule has 90 valence electrons. The molecule has 0 aliphatic carbocycles. The number of nitrogens with one attached hydrogen (secondary N) is 1. The number of fused-ring (bicyclic) bond motifs is 1. The highest BCUT2D eigenvalue weighted by atomic mass is 32.2. The average Bonchev–Trinajstić information content (AvgIpc) is 2.89. The van der Waals surface area contributed by atoms with Gasteiger partial charge in [0, 0.05) is 19.2 Å². The van der Waals surface area contributed by atoms with Gasteiger partial charge in [-0.2, -0.15) is 0 Å². The lowest BCUT2D eigenvalue weighted by Gasteiger charge is -2.01. The molecule has 2 heterocycles. The number of H-pyrrole nitrogens is 1. The Labute approximate surface area is 107 Å². The maximum atomic E-state index is 10.9. The fraction of sp³-hybridized carbons (Fsp3) is 0.273. The highest BCUT2D eigenvalue weighted by molar-refractivity contribution is 7.97. The summed E-state index contributed by atoms with van der Waals surface area (Å²) in [5.74, 6) is 1.22. The lowest BCUT2D eigenvalue weighted by molar-refractivity contribution is -0.124. The van der Waals surface area contributed by atoms with Crippen molar-refractivity contribution in [3.05, 3.63) is 34.6 Å². The number of carbonyl (C=O) groups is 1. The Bertz CT molecular complexity index is 576. The minimum Gasteiger partial charge on any atom is -0.289 e. The molecule has 2 aromatic rings. The van der Waals surface area contributed by atoms with Crippen molar-refractivity contribution in [2.75, 3.05) is 12.8 Å². The molecule has 3 rings (SSSR count). The monoisotopic (exact) mass is 268 g/mol. The Morgan fingerprint density at radius 3 is 2.59 bits per heavy atom. The summed E-state index contributed by atoms with van der Waals surface area (Å²) in [5, 5.41) is 0.785.